The predicted molar refractivity (Wildman–Crippen MR) is 50.0 cm³/mol. The number of isocyanates is 1. The van der Waals surface area contributed by atoms with Crippen LogP contribution in [0.5, 0.6) is 0 Å². The second-order valence-corrected chi connectivity index (χ2v) is 3.90. The van der Waals surface area contributed by atoms with E-state index in [1.165, 1.54) is 18.9 Å². The van der Waals surface area contributed by atoms with Crippen LogP contribution in [-0.4, -0.2) is 21.4 Å². The van der Waals surface area contributed by atoms with Gasteiger partial charge in [-0.05, 0) is 12.8 Å². The first-order chi connectivity index (χ1) is 6.40. The average Bonchev–Trinajstić information content (AvgIpc) is 2.37. The predicted octanol–water partition coefficient (Wildman–Crippen LogP) is 1.74. The van der Waals surface area contributed by atoms with E-state index < -0.39 is 0 Å². The molecule has 0 aromatic carbocycles. The fourth-order valence-electron chi connectivity index (χ4n) is 1.31. The van der Waals surface area contributed by atoms with Gasteiger partial charge in [0.25, 0.3) is 0 Å². The van der Waals surface area contributed by atoms with Crippen molar-refractivity contribution in [3.8, 4) is 0 Å². The largest absolute Gasteiger partial charge is 0.324 e. The minimum Gasteiger partial charge on any atom is -0.324 e. The number of nitrogens with zero attached hydrogens (tertiary/aromatic N) is 3. The minimum absolute atomic E-state index is 0.472. The molecule has 1 aromatic heterocycles. The van der Waals surface area contributed by atoms with E-state index in [-0.39, 0.29) is 0 Å². The summed E-state index contributed by atoms with van der Waals surface area (Å²) in [5.41, 5.74) is 0. The van der Waals surface area contributed by atoms with Gasteiger partial charge in [0, 0.05) is 12.3 Å². The lowest BCUT2D eigenvalue weighted by Crippen LogP contribution is -1.94. The van der Waals surface area contributed by atoms with E-state index in [9.17, 15) is 4.79 Å². The van der Waals surface area contributed by atoms with Crippen LogP contribution in [0, 0.1) is 0 Å². The van der Waals surface area contributed by atoms with E-state index in [1.54, 1.807) is 18.0 Å². The summed E-state index contributed by atoms with van der Waals surface area (Å²) in [6.45, 7) is 0.976. The Hall–Kier alpha value is -1.06. The lowest BCUT2D eigenvalue weighted by atomic mass is 10.3. The smallest absolute Gasteiger partial charge is 0.242 e. The number of fused-ring (bicyclic) bond motifs is 1. The van der Waals surface area contributed by atoms with Gasteiger partial charge < -0.3 is 4.57 Å². The molecule has 1 aliphatic heterocycles. The summed E-state index contributed by atoms with van der Waals surface area (Å²) in [7, 11) is 0. The highest BCUT2D eigenvalue weighted by atomic mass is 32.2. The Morgan fingerprint density at radius 1 is 1.62 bits per heavy atom. The Morgan fingerprint density at radius 3 is 3.38 bits per heavy atom. The van der Waals surface area contributed by atoms with Crippen molar-refractivity contribution in [1.29, 1.82) is 0 Å². The first kappa shape index (κ1) is 8.53. The van der Waals surface area contributed by atoms with Crippen LogP contribution in [0.25, 0.3) is 0 Å². The maximum atomic E-state index is 10.0. The fourth-order valence-corrected chi connectivity index (χ4v) is 2.31. The number of hydrogen-bond donors (Lipinski definition) is 0. The monoisotopic (exact) mass is 195 g/mol. The van der Waals surface area contributed by atoms with Gasteiger partial charge in [0.15, 0.2) is 11.0 Å². The maximum absolute atomic E-state index is 10.0. The molecule has 1 aromatic rings. The molecule has 2 rings (SSSR count). The number of hydrogen-bond acceptors (Lipinski definition) is 4. The van der Waals surface area contributed by atoms with Crippen LogP contribution in [0.15, 0.2) is 16.3 Å². The van der Waals surface area contributed by atoms with Crippen LogP contribution >= 0.6 is 11.8 Å². The molecule has 5 heteroatoms. The zero-order valence-electron chi connectivity index (χ0n) is 7.06. The molecule has 0 bridgehead atoms. The number of imidazole rings is 1. The Bertz CT molecular complexity index is 331. The second kappa shape index (κ2) is 3.77. The van der Waals surface area contributed by atoms with Gasteiger partial charge in [0.1, 0.15) is 0 Å². The summed E-state index contributed by atoms with van der Waals surface area (Å²) in [4.78, 5) is 17.7. The third kappa shape index (κ3) is 1.82. The molecule has 4 nitrogen and oxygen atoms in total. The number of aryl methyl sites for hydroxylation is 1. The molecule has 0 unspecified atom stereocenters. The SMILES string of the molecule is O=C=Nc1cn2c(n1)SCCCC2. The molecule has 68 valence electrons. The van der Waals surface area contributed by atoms with Crippen molar-refractivity contribution in [2.24, 2.45) is 4.99 Å². The Morgan fingerprint density at radius 2 is 2.54 bits per heavy atom. The van der Waals surface area contributed by atoms with Crippen LogP contribution in [-0.2, 0) is 11.3 Å². The van der Waals surface area contributed by atoms with Gasteiger partial charge >= 0.3 is 0 Å². The zero-order valence-corrected chi connectivity index (χ0v) is 7.88. The second-order valence-electron chi connectivity index (χ2n) is 2.83. The van der Waals surface area contributed by atoms with Gasteiger partial charge in [-0.25, -0.2) is 9.78 Å². The van der Waals surface area contributed by atoms with Gasteiger partial charge in [-0.15, -0.1) is 4.99 Å². The molecule has 0 saturated heterocycles. The first-order valence-corrected chi connectivity index (χ1v) is 5.16. The molecule has 0 atom stereocenters. The molecule has 0 amide bonds. The van der Waals surface area contributed by atoms with E-state index in [1.807, 2.05) is 4.57 Å². The first-order valence-electron chi connectivity index (χ1n) is 4.18. The van der Waals surface area contributed by atoms with Crippen molar-refractivity contribution < 1.29 is 4.79 Å². The lowest BCUT2D eigenvalue weighted by Gasteiger charge is -1.97. The van der Waals surface area contributed by atoms with Gasteiger partial charge in [-0.3, -0.25) is 0 Å². The van der Waals surface area contributed by atoms with Crippen LogP contribution in [0.1, 0.15) is 12.8 Å². The molecule has 0 saturated carbocycles. The Balaban J connectivity index is 2.32. The lowest BCUT2D eigenvalue weighted by molar-refractivity contribution is 0.565. The Kier molecular flexibility index (Phi) is 2.47. The van der Waals surface area contributed by atoms with Crippen LogP contribution in [0.3, 0.4) is 0 Å². The molecular weight excluding hydrogens is 186 g/mol. The summed E-state index contributed by atoms with van der Waals surface area (Å²) in [5, 5.41) is 0.964. The third-order valence-corrected chi connectivity index (χ3v) is 2.99. The summed E-state index contributed by atoms with van der Waals surface area (Å²) >= 11 is 1.72. The van der Waals surface area contributed by atoms with Gasteiger partial charge in [0.2, 0.25) is 6.08 Å². The fraction of sp³-hybridized carbons (Fsp3) is 0.500. The molecule has 0 fully saturated rings. The molecule has 0 N–H and O–H groups in total. The summed E-state index contributed by atoms with van der Waals surface area (Å²) in [6, 6.07) is 0. The maximum Gasteiger partial charge on any atom is 0.242 e. The van der Waals surface area contributed by atoms with Crippen LogP contribution in [0.2, 0.25) is 0 Å². The van der Waals surface area contributed by atoms with Crippen molar-refractivity contribution in [3.63, 3.8) is 0 Å². The third-order valence-electron chi connectivity index (χ3n) is 1.91. The average molecular weight is 195 g/mol. The van der Waals surface area contributed by atoms with Crippen molar-refractivity contribution >= 4 is 23.7 Å². The number of aliphatic imine (C=N–C) groups is 1. The topological polar surface area (TPSA) is 47.2 Å². The standard InChI is InChI=1S/C8H9N3OS/c12-6-9-7-5-11-3-1-2-4-13-8(11)10-7/h5H,1-4H2. The molecule has 0 radical (unpaired) electrons. The molecule has 1 aliphatic rings. The van der Waals surface area contributed by atoms with Gasteiger partial charge in [-0.1, -0.05) is 11.8 Å². The van der Waals surface area contributed by atoms with Crippen molar-refractivity contribution in [1.82, 2.24) is 9.55 Å². The molecule has 2 heterocycles. The highest BCUT2D eigenvalue weighted by Gasteiger charge is 2.10. The van der Waals surface area contributed by atoms with Crippen LogP contribution in [0.4, 0.5) is 5.82 Å². The van der Waals surface area contributed by atoms with E-state index >= 15 is 0 Å². The summed E-state index contributed by atoms with van der Waals surface area (Å²) in [6.07, 6.45) is 5.69. The Labute approximate surface area is 80.1 Å². The van der Waals surface area contributed by atoms with Gasteiger partial charge in [-0.2, -0.15) is 0 Å². The van der Waals surface area contributed by atoms with Gasteiger partial charge in [0.05, 0.1) is 6.20 Å². The van der Waals surface area contributed by atoms with Crippen molar-refractivity contribution in [2.45, 2.75) is 24.5 Å². The van der Waals surface area contributed by atoms with E-state index in [0.29, 0.717) is 5.82 Å². The zero-order chi connectivity index (χ0) is 9.10. The summed E-state index contributed by atoms with van der Waals surface area (Å²) < 4.78 is 2.05. The van der Waals surface area contributed by atoms with Crippen molar-refractivity contribution in [3.05, 3.63) is 6.20 Å². The quantitative estimate of drug-likeness (QED) is 0.506. The van der Waals surface area contributed by atoms with Crippen molar-refractivity contribution in [2.75, 3.05) is 5.75 Å². The van der Waals surface area contributed by atoms with Crippen LogP contribution < -0.4 is 0 Å². The molecule has 13 heavy (non-hydrogen) atoms. The number of rotatable bonds is 1. The van der Waals surface area contributed by atoms with E-state index in [4.69, 9.17) is 0 Å². The molecular formula is C8H9N3OS. The van der Waals surface area contributed by atoms with E-state index in [2.05, 4.69) is 9.98 Å². The number of thioether (sulfide) groups is 1. The number of carbonyl (C=O) groups excluding carboxylic acids is 1. The van der Waals surface area contributed by atoms with E-state index in [0.717, 1.165) is 17.5 Å². The highest BCUT2D eigenvalue weighted by Crippen LogP contribution is 2.25. The highest BCUT2D eigenvalue weighted by molar-refractivity contribution is 7.99. The molecule has 0 spiro atoms. The molecule has 0 aliphatic carbocycles. The minimum atomic E-state index is 0.472. The summed E-state index contributed by atoms with van der Waals surface area (Å²) in [5.74, 6) is 1.57. The normalized spacial score (nSPS) is 15.7. The number of aromatic nitrogens is 2.